The molecule has 0 radical (unpaired) electrons. The van der Waals surface area contributed by atoms with E-state index in [1.165, 1.54) is 5.56 Å². The third-order valence-electron chi connectivity index (χ3n) is 4.63. The van der Waals surface area contributed by atoms with Gasteiger partial charge in [-0.25, -0.2) is 0 Å². The van der Waals surface area contributed by atoms with Crippen molar-refractivity contribution in [2.24, 2.45) is 4.99 Å². The molecule has 0 saturated carbocycles. The third kappa shape index (κ3) is 6.58. The van der Waals surface area contributed by atoms with Gasteiger partial charge < -0.3 is 29.6 Å². The van der Waals surface area contributed by atoms with Crippen LogP contribution in [0.2, 0.25) is 0 Å². The Labute approximate surface area is 196 Å². The number of guanidine groups is 1. The molecular weight excluding hydrogens is 497 g/mol. The summed E-state index contributed by atoms with van der Waals surface area (Å²) in [5, 5.41) is 6.64. The second-order valence-corrected chi connectivity index (χ2v) is 6.40. The summed E-state index contributed by atoms with van der Waals surface area (Å²) in [6.45, 7) is 3.31. The predicted octanol–water partition coefficient (Wildman–Crippen LogP) is 3.56. The molecule has 30 heavy (non-hydrogen) atoms. The van der Waals surface area contributed by atoms with Crippen molar-refractivity contribution >= 4 is 29.9 Å². The lowest BCUT2D eigenvalue weighted by molar-refractivity contribution is 0.322. The largest absolute Gasteiger partial charge is 0.496 e. The Kier molecular flexibility index (Phi) is 11.2. The molecule has 0 atom stereocenters. The summed E-state index contributed by atoms with van der Waals surface area (Å²) in [5.74, 6) is 3.46. The van der Waals surface area contributed by atoms with E-state index in [0.29, 0.717) is 29.8 Å². The number of nitrogens with one attached hydrogen (secondary N) is 2. The fourth-order valence-electron chi connectivity index (χ4n) is 3.05. The third-order valence-corrected chi connectivity index (χ3v) is 4.63. The number of hydrogen-bond donors (Lipinski definition) is 2. The number of nitrogens with zero attached hydrogens (tertiary/aromatic N) is 1. The number of rotatable bonds is 9. The summed E-state index contributed by atoms with van der Waals surface area (Å²) >= 11 is 0. The van der Waals surface area contributed by atoms with Gasteiger partial charge in [-0.1, -0.05) is 12.1 Å². The van der Waals surface area contributed by atoms with Crippen molar-refractivity contribution < 1.29 is 18.9 Å². The summed E-state index contributed by atoms with van der Waals surface area (Å²) < 4.78 is 21.7. The monoisotopic (exact) mass is 529 g/mol. The van der Waals surface area contributed by atoms with E-state index < -0.39 is 0 Å². The molecule has 0 aliphatic rings. The van der Waals surface area contributed by atoms with E-state index in [9.17, 15) is 0 Å². The van der Waals surface area contributed by atoms with Crippen LogP contribution >= 0.6 is 24.0 Å². The lowest BCUT2D eigenvalue weighted by atomic mass is 10.1. The van der Waals surface area contributed by atoms with Gasteiger partial charge in [0.2, 0.25) is 5.75 Å². The van der Waals surface area contributed by atoms with Crippen molar-refractivity contribution in [3.63, 3.8) is 0 Å². The van der Waals surface area contributed by atoms with E-state index in [1.54, 1.807) is 35.5 Å². The van der Waals surface area contributed by atoms with Crippen LogP contribution in [0.1, 0.15) is 16.7 Å². The highest BCUT2D eigenvalue weighted by Crippen LogP contribution is 2.39. The minimum absolute atomic E-state index is 0. The molecular formula is C22H32IN3O4. The summed E-state index contributed by atoms with van der Waals surface area (Å²) in [5.41, 5.74) is 3.28. The average Bonchev–Trinajstić information content (AvgIpc) is 2.76. The molecule has 0 spiro atoms. The van der Waals surface area contributed by atoms with Gasteiger partial charge in [0.25, 0.3) is 0 Å². The van der Waals surface area contributed by atoms with Gasteiger partial charge >= 0.3 is 0 Å². The molecule has 2 N–H and O–H groups in total. The van der Waals surface area contributed by atoms with Crippen LogP contribution in [-0.2, 0) is 13.0 Å². The van der Waals surface area contributed by atoms with Gasteiger partial charge in [0, 0.05) is 25.7 Å². The van der Waals surface area contributed by atoms with Crippen molar-refractivity contribution in [2.75, 3.05) is 42.0 Å². The molecule has 8 heteroatoms. The Morgan fingerprint density at radius 1 is 0.867 bits per heavy atom. The zero-order valence-corrected chi connectivity index (χ0v) is 20.8. The van der Waals surface area contributed by atoms with Crippen molar-refractivity contribution in [2.45, 2.75) is 19.9 Å². The summed E-state index contributed by atoms with van der Waals surface area (Å²) in [7, 11) is 8.25. The van der Waals surface area contributed by atoms with Crippen LogP contribution in [0.5, 0.6) is 23.0 Å². The highest BCUT2D eigenvalue weighted by atomic mass is 127. The maximum absolute atomic E-state index is 5.53. The molecule has 0 aromatic heterocycles. The Morgan fingerprint density at radius 2 is 1.57 bits per heavy atom. The Hall–Kier alpha value is -2.36. The van der Waals surface area contributed by atoms with Crippen molar-refractivity contribution in [3.05, 3.63) is 47.0 Å². The lowest BCUT2D eigenvalue weighted by Crippen LogP contribution is -2.37. The number of methoxy groups -OCH3 is 4. The van der Waals surface area contributed by atoms with Gasteiger partial charge in [0.1, 0.15) is 5.75 Å². The van der Waals surface area contributed by atoms with Crippen molar-refractivity contribution in [1.29, 1.82) is 0 Å². The Morgan fingerprint density at radius 3 is 2.17 bits per heavy atom. The number of hydrogen-bond acceptors (Lipinski definition) is 5. The smallest absolute Gasteiger partial charge is 0.203 e. The van der Waals surface area contributed by atoms with Crippen LogP contribution in [0.3, 0.4) is 0 Å². The summed E-state index contributed by atoms with van der Waals surface area (Å²) in [6, 6.07) is 10.1. The molecule has 7 nitrogen and oxygen atoms in total. The van der Waals surface area contributed by atoms with Gasteiger partial charge in [-0.3, -0.25) is 4.99 Å². The van der Waals surface area contributed by atoms with E-state index in [-0.39, 0.29) is 24.0 Å². The van der Waals surface area contributed by atoms with Crippen LogP contribution < -0.4 is 29.6 Å². The quantitative estimate of drug-likeness (QED) is 0.294. The zero-order valence-electron chi connectivity index (χ0n) is 18.5. The molecule has 2 rings (SSSR count). The van der Waals surface area contributed by atoms with Crippen LogP contribution in [0.15, 0.2) is 35.3 Å². The minimum Gasteiger partial charge on any atom is -0.496 e. The number of aryl methyl sites for hydroxylation is 1. The summed E-state index contributed by atoms with van der Waals surface area (Å²) in [4.78, 5) is 4.29. The first kappa shape index (κ1) is 25.7. The molecule has 2 aromatic carbocycles. The van der Waals surface area contributed by atoms with Crippen LogP contribution in [0.4, 0.5) is 0 Å². The number of benzene rings is 2. The Bertz CT molecular complexity index is 843. The average molecular weight is 529 g/mol. The molecule has 0 bridgehead atoms. The van der Waals surface area contributed by atoms with Gasteiger partial charge in [0.15, 0.2) is 17.5 Å². The van der Waals surface area contributed by atoms with E-state index in [2.05, 4.69) is 33.8 Å². The van der Waals surface area contributed by atoms with Gasteiger partial charge in [-0.05, 0) is 42.7 Å². The molecule has 0 unspecified atom stereocenters. The molecule has 0 aliphatic heterocycles. The number of ether oxygens (including phenoxy) is 4. The number of halogens is 1. The maximum Gasteiger partial charge on any atom is 0.203 e. The molecule has 166 valence electrons. The zero-order chi connectivity index (χ0) is 21.2. The maximum atomic E-state index is 5.53. The fraction of sp³-hybridized carbons (Fsp3) is 0.409. The Balaban J connectivity index is 0.00000450. The SMILES string of the molecule is CN=C(NCCc1ccc(C)c(OC)c1)NCc1ccc(OC)c(OC)c1OC.I. The highest BCUT2D eigenvalue weighted by Gasteiger charge is 2.15. The molecule has 2 aromatic rings. The lowest BCUT2D eigenvalue weighted by Gasteiger charge is -2.17. The standard InChI is InChI=1S/C22H31N3O4.HI/c1-15-7-8-16(13-19(15)27-4)11-12-24-22(23-2)25-14-17-9-10-18(26-3)21(29-6)20(17)28-5;/h7-10,13H,11-12,14H2,1-6H3,(H2,23,24,25);1H. The van der Waals surface area contributed by atoms with E-state index in [4.69, 9.17) is 18.9 Å². The van der Waals surface area contributed by atoms with Crippen molar-refractivity contribution in [1.82, 2.24) is 10.6 Å². The summed E-state index contributed by atoms with van der Waals surface area (Å²) in [6.07, 6.45) is 0.858. The van der Waals surface area contributed by atoms with E-state index in [0.717, 1.165) is 29.8 Å². The molecule has 0 amide bonds. The predicted molar refractivity (Wildman–Crippen MR) is 131 cm³/mol. The molecule has 0 fully saturated rings. The van der Waals surface area contributed by atoms with E-state index in [1.807, 2.05) is 19.1 Å². The number of aliphatic imine (C=N–C) groups is 1. The van der Waals surface area contributed by atoms with Crippen LogP contribution in [0, 0.1) is 6.92 Å². The van der Waals surface area contributed by atoms with Gasteiger partial charge in [0.05, 0.1) is 28.4 Å². The highest BCUT2D eigenvalue weighted by molar-refractivity contribution is 14.0. The van der Waals surface area contributed by atoms with Crippen molar-refractivity contribution in [3.8, 4) is 23.0 Å². The minimum atomic E-state index is 0. The molecule has 0 saturated heterocycles. The molecule has 0 aliphatic carbocycles. The first-order valence-corrected chi connectivity index (χ1v) is 9.43. The second-order valence-electron chi connectivity index (χ2n) is 6.40. The van der Waals surface area contributed by atoms with Gasteiger partial charge in [-0.15, -0.1) is 24.0 Å². The normalized spacial score (nSPS) is 10.7. The van der Waals surface area contributed by atoms with E-state index >= 15 is 0 Å². The van der Waals surface area contributed by atoms with Crippen LogP contribution in [0.25, 0.3) is 0 Å². The fourth-order valence-corrected chi connectivity index (χ4v) is 3.05. The first-order valence-electron chi connectivity index (χ1n) is 9.43. The van der Waals surface area contributed by atoms with Crippen LogP contribution in [-0.4, -0.2) is 48.0 Å². The first-order chi connectivity index (χ1) is 14.1. The molecule has 0 heterocycles. The second kappa shape index (κ2) is 13.0. The topological polar surface area (TPSA) is 73.3 Å². The van der Waals surface area contributed by atoms with Gasteiger partial charge in [-0.2, -0.15) is 0 Å².